The van der Waals surface area contributed by atoms with E-state index in [0.29, 0.717) is 5.41 Å². The van der Waals surface area contributed by atoms with Crippen LogP contribution < -0.4 is 0 Å². The van der Waals surface area contributed by atoms with Crippen LogP contribution in [-0.2, 0) is 0 Å². The summed E-state index contributed by atoms with van der Waals surface area (Å²) in [6, 6.07) is 0. The van der Waals surface area contributed by atoms with E-state index in [4.69, 9.17) is 0 Å². The van der Waals surface area contributed by atoms with E-state index in [9.17, 15) is 0 Å². The summed E-state index contributed by atoms with van der Waals surface area (Å²) in [4.78, 5) is 0. The van der Waals surface area contributed by atoms with Crippen LogP contribution >= 0.6 is 0 Å². The van der Waals surface area contributed by atoms with Gasteiger partial charge >= 0.3 is 0 Å². The highest BCUT2D eigenvalue weighted by atomic mass is 14.4. The Balaban J connectivity index is 0. The van der Waals surface area contributed by atoms with E-state index < -0.39 is 0 Å². The molecule has 0 aromatic carbocycles. The molecule has 0 heterocycles. The van der Waals surface area contributed by atoms with Gasteiger partial charge in [-0.25, -0.2) is 0 Å². The zero-order chi connectivity index (χ0) is 8.20. The van der Waals surface area contributed by atoms with Crippen molar-refractivity contribution in [1.29, 1.82) is 0 Å². The van der Waals surface area contributed by atoms with Crippen molar-refractivity contribution < 1.29 is 0 Å². The second-order valence-corrected chi connectivity index (χ2v) is 3.78. The van der Waals surface area contributed by atoms with Gasteiger partial charge in [-0.3, -0.25) is 0 Å². The molecule has 1 saturated carbocycles. The molecule has 0 nitrogen and oxygen atoms in total. The summed E-state index contributed by atoms with van der Waals surface area (Å²) >= 11 is 0. The molecule has 0 unspecified atom stereocenters. The molecule has 0 aromatic rings. The fourth-order valence-electron chi connectivity index (χ4n) is 1.50. The van der Waals surface area contributed by atoms with Crippen LogP contribution in [0.1, 0.15) is 61.3 Å². The fourth-order valence-corrected chi connectivity index (χ4v) is 1.50. The van der Waals surface area contributed by atoms with E-state index >= 15 is 0 Å². The van der Waals surface area contributed by atoms with Gasteiger partial charge in [-0.2, -0.15) is 0 Å². The second kappa shape index (κ2) is 5.62. The van der Waals surface area contributed by atoms with Crippen molar-refractivity contribution in [3.8, 4) is 0 Å². The van der Waals surface area contributed by atoms with Crippen molar-refractivity contribution in [2.45, 2.75) is 61.3 Å². The first-order valence-corrected chi connectivity index (χ1v) is 4.63. The summed E-state index contributed by atoms with van der Waals surface area (Å²) in [5, 5.41) is 0. The Labute approximate surface area is 73.4 Å². The van der Waals surface area contributed by atoms with Gasteiger partial charge in [0.25, 0.3) is 0 Å². The van der Waals surface area contributed by atoms with Gasteiger partial charge in [0.15, 0.2) is 0 Å². The third-order valence-electron chi connectivity index (χ3n) is 2.79. The van der Waals surface area contributed by atoms with Crippen LogP contribution in [-0.4, -0.2) is 0 Å². The van der Waals surface area contributed by atoms with Gasteiger partial charge in [0.2, 0.25) is 0 Å². The number of hydrogen-bond donors (Lipinski definition) is 0. The first-order valence-electron chi connectivity index (χ1n) is 4.63. The minimum atomic E-state index is 0. The molecule has 11 heavy (non-hydrogen) atoms. The van der Waals surface area contributed by atoms with Crippen LogP contribution in [0.4, 0.5) is 0 Å². The van der Waals surface area contributed by atoms with Crippen LogP contribution in [0, 0.1) is 11.3 Å². The highest BCUT2D eigenvalue weighted by molar-refractivity contribution is 4.81. The molecule has 1 fully saturated rings. The van der Waals surface area contributed by atoms with Gasteiger partial charge in [-0.15, -0.1) is 0 Å². The lowest BCUT2D eigenvalue weighted by atomic mass is 9.83. The molecular weight excluding hydrogens is 132 g/mol. The molecule has 0 spiro atoms. The summed E-state index contributed by atoms with van der Waals surface area (Å²) in [6.07, 6.45) is 4.34. The summed E-state index contributed by atoms with van der Waals surface area (Å²) < 4.78 is 0. The summed E-state index contributed by atoms with van der Waals surface area (Å²) in [5.74, 6) is 0.961. The molecule has 0 heteroatoms. The van der Waals surface area contributed by atoms with E-state index in [0.717, 1.165) is 5.92 Å². The maximum Gasteiger partial charge on any atom is -0.0329 e. The van der Waals surface area contributed by atoms with Crippen molar-refractivity contribution >= 4 is 0 Å². The largest absolute Gasteiger partial charge is 0.0776 e. The summed E-state index contributed by atoms with van der Waals surface area (Å²) in [7, 11) is 0. The average Bonchev–Trinajstić information content (AvgIpc) is 2.17. The Hall–Kier alpha value is 0. The van der Waals surface area contributed by atoms with Crippen LogP contribution in [0.3, 0.4) is 0 Å². The van der Waals surface area contributed by atoms with Crippen molar-refractivity contribution in [3.63, 3.8) is 0 Å². The van der Waals surface area contributed by atoms with E-state index in [2.05, 4.69) is 20.8 Å². The maximum absolute atomic E-state index is 2.38. The van der Waals surface area contributed by atoms with Gasteiger partial charge in [-0.1, -0.05) is 54.9 Å². The van der Waals surface area contributed by atoms with Crippen molar-refractivity contribution in [2.24, 2.45) is 11.3 Å². The standard InChI is InChI=1S/C8H16.C2H6.CH4/c1-7-5-4-6-8(7,2)3;1-2;/h7H,4-6H2,1-3H3;1-2H3;1H4/t7-;;/m1../s1. The minimum absolute atomic E-state index is 0. The molecule has 0 radical (unpaired) electrons. The molecule has 1 aliphatic carbocycles. The van der Waals surface area contributed by atoms with Crippen molar-refractivity contribution in [3.05, 3.63) is 0 Å². The smallest absolute Gasteiger partial charge is 0.0329 e. The van der Waals surface area contributed by atoms with Gasteiger partial charge in [0.1, 0.15) is 0 Å². The normalized spacial score (nSPS) is 26.5. The first-order chi connectivity index (χ1) is 4.63. The summed E-state index contributed by atoms with van der Waals surface area (Å²) in [5.41, 5.74) is 0.653. The second-order valence-electron chi connectivity index (χ2n) is 3.78. The number of hydrogen-bond acceptors (Lipinski definition) is 0. The molecule has 0 saturated heterocycles. The van der Waals surface area contributed by atoms with Gasteiger partial charge in [0.05, 0.1) is 0 Å². The van der Waals surface area contributed by atoms with Crippen molar-refractivity contribution in [1.82, 2.24) is 0 Å². The predicted molar refractivity (Wildman–Crippen MR) is 54.9 cm³/mol. The van der Waals surface area contributed by atoms with E-state index in [1.165, 1.54) is 19.3 Å². The highest BCUT2D eigenvalue weighted by Crippen LogP contribution is 2.41. The first kappa shape index (κ1) is 13.6. The monoisotopic (exact) mass is 158 g/mol. The van der Waals surface area contributed by atoms with E-state index in [1.54, 1.807) is 0 Å². The molecule has 0 N–H and O–H groups in total. The molecular formula is C11H26. The van der Waals surface area contributed by atoms with E-state index in [1.807, 2.05) is 13.8 Å². The Morgan fingerprint density at radius 2 is 1.64 bits per heavy atom. The average molecular weight is 158 g/mol. The zero-order valence-electron chi connectivity index (χ0n) is 8.20. The highest BCUT2D eigenvalue weighted by Gasteiger charge is 2.30. The third kappa shape index (κ3) is 3.79. The zero-order valence-corrected chi connectivity index (χ0v) is 8.20. The molecule has 1 atom stereocenters. The lowest BCUT2D eigenvalue weighted by molar-refractivity contribution is 0.281. The topological polar surface area (TPSA) is 0 Å². The maximum atomic E-state index is 2.38. The third-order valence-corrected chi connectivity index (χ3v) is 2.79. The van der Waals surface area contributed by atoms with Gasteiger partial charge in [0, 0.05) is 0 Å². The molecule has 1 rings (SSSR count). The lowest BCUT2D eigenvalue weighted by Crippen LogP contribution is -2.13. The molecule has 1 aliphatic rings. The predicted octanol–water partition coefficient (Wildman–Crippen LogP) is 4.49. The number of rotatable bonds is 0. The summed E-state index contributed by atoms with van der Waals surface area (Å²) in [6.45, 7) is 11.1. The van der Waals surface area contributed by atoms with E-state index in [-0.39, 0.29) is 7.43 Å². The fraction of sp³-hybridized carbons (Fsp3) is 1.00. The Morgan fingerprint density at radius 3 is 1.73 bits per heavy atom. The molecule has 0 bridgehead atoms. The van der Waals surface area contributed by atoms with Gasteiger partial charge in [-0.05, 0) is 17.8 Å². The molecule has 0 aliphatic heterocycles. The molecule has 70 valence electrons. The molecule has 0 aromatic heterocycles. The minimum Gasteiger partial charge on any atom is -0.0776 e. The van der Waals surface area contributed by atoms with Crippen molar-refractivity contribution in [2.75, 3.05) is 0 Å². The van der Waals surface area contributed by atoms with Gasteiger partial charge < -0.3 is 0 Å². The Bertz CT molecular complexity index is 82.0. The quantitative estimate of drug-likeness (QED) is 0.487. The van der Waals surface area contributed by atoms with Crippen LogP contribution in [0.25, 0.3) is 0 Å². The van der Waals surface area contributed by atoms with Crippen LogP contribution in [0.5, 0.6) is 0 Å². The molecule has 0 amide bonds. The lowest BCUT2D eigenvalue weighted by Gasteiger charge is -2.22. The van der Waals surface area contributed by atoms with Crippen LogP contribution in [0.15, 0.2) is 0 Å². The van der Waals surface area contributed by atoms with Crippen LogP contribution in [0.2, 0.25) is 0 Å². The Kier molecular flexibility index (Phi) is 6.94. The SMILES string of the molecule is C.CC.C[C@@H]1CCCC1(C)C. The Morgan fingerprint density at radius 1 is 1.18 bits per heavy atom.